The Morgan fingerprint density at radius 2 is 1.88 bits per heavy atom. The number of hydrazone groups is 1. The molecule has 1 aromatic heterocycles. The molecule has 1 aliphatic rings. The Morgan fingerprint density at radius 1 is 1.08 bits per heavy atom. The van der Waals surface area contributed by atoms with E-state index in [1.807, 2.05) is 35.7 Å². The number of aromatic nitrogens is 1. The number of thiazole rings is 1. The van der Waals surface area contributed by atoms with Crippen LogP contribution in [0, 0.1) is 6.92 Å². The van der Waals surface area contributed by atoms with E-state index in [9.17, 15) is 0 Å². The molecular formula is C19H17N3O2S. The lowest BCUT2D eigenvalue weighted by Crippen LogP contribution is -2.15. The lowest BCUT2D eigenvalue weighted by atomic mass is 10.1. The molecule has 2 aromatic carbocycles. The van der Waals surface area contributed by atoms with Crippen molar-refractivity contribution < 1.29 is 9.47 Å². The summed E-state index contributed by atoms with van der Waals surface area (Å²) in [5.41, 5.74) is 7.14. The summed E-state index contributed by atoms with van der Waals surface area (Å²) in [6.45, 7) is 3.23. The molecule has 5 nitrogen and oxygen atoms in total. The molecule has 4 rings (SSSR count). The molecule has 25 heavy (non-hydrogen) atoms. The molecule has 6 heteroatoms. The van der Waals surface area contributed by atoms with E-state index in [4.69, 9.17) is 9.47 Å². The van der Waals surface area contributed by atoms with Crippen LogP contribution < -0.4 is 14.9 Å². The van der Waals surface area contributed by atoms with Gasteiger partial charge >= 0.3 is 0 Å². The first-order valence-corrected chi connectivity index (χ1v) is 8.87. The third kappa shape index (κ3) is 3.64. The maximum absolute atomic E-state index is 5.63. The number of nitrogens with zero attached hydrogens (tertiary/aromatic N) is 2. The van der Waals surface area contributed by atoms with Crippen molar-refractivity contribution in [3.63, 3.8) is 0 Å². The first-order chi connectivity index (χ1) is 12.3. The van der Waals surface area contributed by atoms with Crippen molar-refractivity contribution in [2.75, 3.05) is 18.6 Å². The van der Waals surface area contributed by atoms with Crippen LogP contribution in [0.2, 0.25) is 0 Å². The molecule has 3 aromatic rings. The van der Waals surface area contributed by atoms with Crippen molar-refractivity contribution >= 4 is 22.7 Å². The highest BCUT2D eigenvalue weighted by atomic mass is 32.1. The summed E-state index contributed by atoms with van der Waals surface area (Å²) < 4.78 is 11.2. The lowest BCUT2D eigenvalue weighted by molar-refractivity contribution is 0.171. The third-order valence-electron chi connectivity index (χ3n) is 3.79. The molecule has 0 amide bonds. The minimum Gasteiger partial charge on any atom is -0.486 e. The van der Waals surface area contributed by atoms with E-state index in [0.29, 0.717) is 13.2 Å². The number of ether oxygens (including phenoxy) is 2. The van der Waals surface area contributed by atoms with E-state index >= 15 is 0 Å². The number of fused-ring (bicyclic) bond motifs is 1. The Kier molecular flexibility index (Phi) is 4.35. The van der Waals surface area contributed by atoms with Crippen LogP contribution >= 0.6 is 11.3 Å². The normalized spacial score (nSPS) is 13.2. The molecule has 0 unspecified atom stereocenters. The zero-order valence-electron chi connectivity index (χ0n) is 13.7. The van der Waals surface area contributed by atoms with E-state index in [-0.39, 0.29) is 0 Å². The molecule has 0 bridgehead atoms. The van der Waals surface area contributed by atoms with Crippen LogP contribution in [0.3, 0.4) is 0 Å². The first kappa shape index (κ1) is 15.7. The quantitative estimate of drug-likeness (QED) is 0.561. The molecule has 1 aliphatic heterocycles. The number of hydrogen-bond acceptors (Lipinski definition) is 6. The summed E-state index contributed by atoms with van der Waals surface area (Å²) in [6, 6.07) is 14.1. The van der Waals surface area contributed by atoms with Crippen LogP contribution in [0.25, 0.3) is 11.3 Å². The van der Waals surface area contributed by atoms with Crippen molar-refractivity contribution in [1.82, 2.24) is 4.98 Å². The summed E-state index contributed by atoms with van der Waals surface area (Å²) in [6.07, 6.45) is 1.78. The Balaban J connectivity index is 1.46. The van der Waals surface area contributed by atoms with Gasteiger partial charge in [0.15, 0.2) is 11.5 Å². The zero-order chi connectivity index (χ0) is 17.1. The van der Waals surface area contributed by atoms with Gasteiger partial charge in [-0.25, -0.2) is 4.98 Å². The van der Waals surface area contributed by atoms with Crippen molar-refractivity contribution in [3.8, 4) is 22.8 Å². The molecule has 0 atom stereocenters. The monoisotopic (exact) mass is 351 g/mol. The fraction of sp³-hybridized carbons (Fsp3) is 0.158. The van der Waals surface area contributed by atoms with E-state index < -0.39 is 0 Å². The van der Waals surface area contributed by atoms with Gasteiger partial charge in [0.2, 0.25) is 5.13 Å². The van der Waals surface area contributed by atoms with Crippen LogP contribution in [0.1, 0.15) is 11.1 Å². The highest BCUT2D eigenvalue weighted by Gasteiger charge is 2.13. The van der Waals surface area contributed by atoms with Crippen molar-refractivity contribution in [2.24, 2.45) is 5.10 Å². The van der Waals surface area contributed by atoms with Crippen LogP contribution in [-0.4, -0.2) is 24.4 Å². The molecule has 126 valence electrons. The molecule has 0 aliphatic carbocycles. The smallest absolute Gasteiger partial charge is 0.203 e. The molecule has 0 spiro atoms. The van der Waals surface area contributed by atoms with Gasteiger partial charge in [-0.15, -0.1) is 11.3 Å². The van der Waals surface area contributed by atoms with Gasteiger partial charge in [-0.3, -0.25) is 5.43 Å². The molecular weight excluding hydrogens is 334 g/mol. The summed E-state index contributed by atoms with van der Waals surface area (Å²) in [5, 5.41) is 6.99. The number of aryl methyl sites for hydroxylation is 1. The van der Waals surface area contributed by atoms with Crippen molar-refractivity contribution in [2.45, 2.75) is 6.92 Å². The highest BCUT2D eigenvalue weighted by molar-refractivity contribution is 7.14. The number of anilines is 1. The highest BCUT2D eigenvalue weighted by Crippen LogP contribution is 2.35. The lowest BCUT2D eigenvalue weighted by Gasteiger charge is -2.18. The van der Waals surface area contributed by atoms with Gasteiger partial charge in [-0.1, -0.05) is 29.8 Å². The summed E-state index contributed by atoms with van der Waals surface area (Å²) in [5.74, 6) is 1.55. The zero-order valence-corrected chi connectivity index (χ0v) is 14.5. The Labute approximate surface area is 150 Å². The van der Waals surface area contributed by atoms with E-state index in [0.717, 1.165) is 33.5 Å². The summed E-state index contributed by atoms with van der Waals surface area (Å²) >= 11 is 1.51. The summed E-state index contributed by atoms with van der Waals surface area (Å²) in [4.78, 5) is 4.57. The maximum atomic E-state index is 5.63. The predicted molar refractivity (Wildman–Crippen MR) is 101 cm³/mol. The van der Waals surface area contributed by atoms with Crippen LogP contribution in [0.4, 0.5) is 5.13 Å². The SMILES string of the molecule is Cc1ccc(/C=N\Nc2nc(-c3ccc4c(c3)OCCO4)cs2)cc1. The number of nitrogens with one attached hydrogen (secondary N) is 1. The van der Waals surface area contributed by atoms with Gasteiger partial charge in [0.05, 0.1) is 11.9 Å². The predicted octanol–water partition coefficient (Wildman–Crippen LogP) is 4.34. The fourth-order valence-corrected chi connectivity index (χ4v) is 3.14. The van der Waals surface area contributed by atoms with Crippen molar-refractivity contribution in [3.05, 3.63) is 59.0 Å². The van der Waals surface area contributed by atoms with Gasteiger partial charge in [0.1, 0.15) is 13.2 Å². The number of rotatable bonds is 4. The van der Waals surface area contributed by atoms with E-state index in [2.05, 4.69) is 34.6 Å². The minimum absolute atomic E-state index is 0.577. The molecule has 1 N–H and O–H groups in total. The Hall–Kier alpha value is -2.86. The average molecular weight is 351 g/mol. The van der Waals surface area contributed by atoms with Gasteiger partial charge < -0.3 is 9.47 Å². The van der Waals surface area contributed by atoms with Crippen molar-refractivity contribution in [1.29, 1.82) is 0 Å². The molecule has 0 saturated carbocycles. The second-order valence-corrected chi connectivity index (χ2v) is 6.54. The molecule has 0 fully saturated rings. The minimum atomic E-state index is 0.577. The number of benzene rings is 2. The van der Waals surface area contributed by atoms with Gasteiger partial charge in [0.25, 0.3) is 0 Å². The summed E-state index contributed by atoms with van der Waals surface area (Å²) in [7, 11) is 0. The number of hydrogen-bond donors (Lipinski definition) is 1. The molecule has 0 radical (unpaired) electrons. The topological polar surface area (TPSA) is 55.7 Å². The van der Waals surface area contributed by atoms with E-state index in [1.165, 1.54) is 16.9 Å². The fourth-order valence-electron chi connectivity index (χ4n) is 2.47. The second-order valence-electron chi connectivity index (χ2n) is 5.68. The van der Waals surface area contributed by atoms with Gasteiger partial charge in [0, 0.05) is 10.9 Å². The van der Waals surface area contributed by atoms with Crippen LogP contribution in [0.5, 0.6) is 11.5 Å². The standard InChI is InChI=1S/C19H17N3O2S/c1-13-2-4-14(5-3-13)11-20-22-19-21-16(12-25-19)15-6-7-17-18(10-15)24-9-8-23-17/h2-7,10-12H,8-9H2,1H3,(H,21,22)/b20-11-. The average Bonchev–Trinajstić information content (AvgIpc) is 3.12. The van der Waals surface area contributed by atoms with Gasteiger partial charge in [-0.05, 0) is 30.7 Å². The van der Waals surface area contributed by atoms with Crippen LogP contribution in [-0.2, 0) is 0 Å². The second kappa shape index (κ2) is 6.94. The van der Waals surface area contributed by atoms with E-state index in [1.54, 1.807) is 6.21 Å². The third-order valence-corrected chi connectivity index (χ3v) is 4.54. The maximum Gasteiger partial charge on any atom is 0.203 e. The van der Waals surface area contributed by atoms with Gasteiger partial charge in [-0.2, -0.15) is 5.10 Å². The largest absolute Gasteiger partial charge is 0.486 e. The first-order valence-electron chi connectivity index (χ1n) is 7.99. The molecule has 2 heterocycles. The molecule has 0 saturated heterocycles. The van der Waals surface area contributed by atoms with Crippen LogP contribution in [0.15, 0.2) is 52.9 Å². The Bertz CT molecular complexity index is 903. The Morgan fingerprint density at radius 3 is 2.72 bits per heavy atom.